The fourth-order valence-corrected chi connectivity index (χ4v) is 1.86. The molecule has 0 aromatic heterocycles. The molecule has 8 heteroatoms. The van der Waals surface area contributed by atoms with Crippen molar-refractivity contribution in [1.82, 2.24) is 5.32 Å². The van der Waals surface area contributed by atoms with Crippen molar-refractivity contribution in [2.24, 2.45) is 0 Å². The lowest BCUT2D eigenvalue weighted by Crippen LogP contribution is -2.41. The van der Waals surface area contributed by atoms with Gasteiger partial charge >= 0.3 is 11.9 Å². The molecule has 1 amide bonds. The standard InChI is InChI=1S/C13H13ClFNO5/c14-8-2-1-3-9(15)7(8)6-11(17)16-10(13(20)21)4-5-12(18)19/h1-3,10H,4-6H2,(H,16,17)(H,18,19)(H,20,21). The monoisotopic (exact) mass is 317 g/mol. The first kappa shape index (κ1) is 16.9. The van der Waals surface area contributed by atoms with Crippen LogP contribution in [0.1, 0.15) is 18.4 Å². The second kappa shape index (κ2) is 7.58. The number of halogens is 2. The number of hydrogen-bond donors (Lipinski definition) is 3. The average Bonchev–Trinajstić information content (AvgIpc) is 2.38. The molecule has 0 heterocycles. The van der Waals surface area contributed by atoms with Gasteiger partial charge in [0.05, 0.1) is 6.42 Å². The van der Waals surface area contributed by atoms with Crippen molar-refractivity contribution in [3.8, 4) is 0 Å². The molecule has 6 nitrogen and oxygen atoms in total. The van der Waals surface area contributed by atoms with Crippen LogP contribution >= 0.6 is 11.6 Å². The Hall–Kier alpha value is -2.15. The van der Waals surface area contributed by atoms with Gasteiger partial charge < -0.3 is 15.5 Å². The molecule has 0 fully saturated rings. The zero-order valence-electron chi connectivity index (χ0n) is 10.8. The van der Waals surface area contributed by atoms with E-state index in [-0.39, 0.29) is 17.0 Å². The van der Waals surface area contributed by atoms with Gasteiger partial charge in [-0.25, -0.2) is 9.18 Å². The number of aliphatic carboxylic acids is 2. The zero-order chi connectivity index (χ0) is 16.0. The van der Waals surface area contributed by atoms with Gasteiger partial charge in [0.25, 0.3) is 0 Å². The Morgan fingerprint density at radius 3 is 2.48 bits per heavy atom. The van der Waals surface area contributed by atoms with E-state index in [1.165, 1.54) is 12.1 Å². The van der Waals surface area contributed by atoms with E-state index in [9.17, 15) is 18.8 Å². The normalized spacial score (nSPS) is 11.7. The highest BCUT2D eigenvalue weighted by Crippen LogP contribution is 2.19. The van der Waals surface area contributed by atoms with Crippen molar-refractivity contribution in [2.75, 3.05) is 0 Å². The van der Waals surface area contributed by atoms with Crippen LogP contribution in [0, 0.1) is 5.82 Å². The summed E-state index contributed by atoms with van der Waals surface area (Å²) in [7, 11) is 0. The number of carboxylic acids is 2. The summed E-state index contributed by atoms with van der Waals surface area (Å²) in [6.45, 7) is 0. The highest BCUT2D eigenvalue weighted by molar-refractivity contribution is 6.31. The van der Waals surface area contributed by atoms with Gasteiger partial charge in [0.2, 0.25) is 5.91 Å². The molecule has 0 aliphatic carbocycles. The summed E-state index contributed by atoms with van der Waals surface area (Å²) in [6.07, 6.45) is -1.10. The maximum atomic E-state index is 13.5. The minimum absolute atomic E-state index is 0.0426. The Morgan fingerprint density at radius 1 is 1.29 bits per heavy atom. The highest BCUT2D eigenvalue weighted by atomic mass is 35.5. The second-order valence-corrected chi connectivity index (χ2v) is 4.67. The number of carboxylic acid groups (broad SMARTS) is 2. The van der Waals surface area contributed by atoms with Gasteiger partial charge in [0, 0.05) is 17.0 Å². The predicted molar refractivity (Wildman–Crippen MR) is 71.6 cm³/mol. The van der Waals surface area contributed by atoms with Gasteiger partial charge in [-0.2, -0.15) is 0 Å². The SMILES string of the molecule is O=C(O)CCC(NC(=O)Cc1c(F)cccc1Cl)C(=O)O. The van der Waals surface area contributed by atoms with Crippen molar-refractivity contribution in [3.63, 3.8) is 0 Å². The first-order valence-corrected chi connectivity index (χ1v) is 6.36. The molecule has 0 saturated heterocycles. The van der Waals surface area contributed by atoms with E-state index in [4.69, 9.17) is 21.8 Å². The Balaban J connectivity index is 2.70. The van der Waals surface area contributed by atoms with Crippen LogP contribution in [0.5, 0.6) is 0 Å². The molecule has 1 aromatic carbocycles. The Kier molecular flexibility index (Phi) is 6.10. The fourth-order valence-electron chi connectivity index (χ4n) is 1.63. The van der Waals surface area contributed by atoms with Gasteiger partial charge in [0.15, 0.2) is 0 Å². The van der Waals surface area contributed by atoms with Gasteiger partial charge in [-0.3, -0.25) is 9.59 Å². The summed E-state index contributed by atoms with van der Waals surface area (Å²) in [5.41, 5.74) is -0.0426. The smallest absolute Gasteiger partial charge is 0.326 e. The summed E-state index contributed by atoms with van der Waals surface area (Å²) in [5, 5.41) is 19.6. The topological polar surface area (TPSA) is 104 Å². The first-order chi connectivity index (χ1) is 9.81. The van der Waals surface area contributed by atoms with Crippen molar-refractivity contribution in [1.29, 1.82) is 0 Å². The molecule has 114 valence electrons. The Bertz CT molecular complexity index is 543. The molecule has 0 aliphatic heterocycles. The molecule has 0 radical (unpaired) electrons. The van der Waals surface area contributed by atoms with Crippen LogP contribution < -0.4 is 5.32 Å². The number of nitrogens with one attached hydrogen (secondary N) is 1. The summed E-state index contributed by atoms with van der Waals surface area (Å²) < 4.78 is 13.5. The van der Waals surface area contributed by atoms with E-state index in [2.05, 4.69) is 5.32 Å². The lowest BCUT2D eigenvalue weighted by molar-refractivity contribution is -0.143. The van der Waals surface area contributed by atoms with Crippen molar-refractivity contribution < 1.29 is 29.0 Å². The average molecular weight is 318 g/mol. The summed E-state index contributed by atoms with van der Waals surface area (Å²) in [5.74, 6) is -3.95. The lowest BCUT2D eigenvalue weighted by atomic mass is 10.1. The van der Waals surface area contributed by atoms with E-state index in [1.54, 1.807) is 0 Å². The van der Waals surface area contributed by atoms with Crippen LogP contribution in [0.15, 0.2) is 18.2 Å². The molecular weight excluding hydrogens is 305 g/mol. The lowest BCUT2D eigenvalue weighted by Gasteiger charge is -2.14. The van der Waals surface area contributed by atoms with Crippen LogP contribution in [-0.4, -0.2) is 34.1 Å². The second-order valence-electron chi connectivity index (χ2n) is 4.27. The van der Waals surface area contributed by atoms with Gasteiger partial charge in [-0.15, -0.1) is 0 Å². The van der Waals surface area contributed by atoms with Crippen LogP contribution in [0.2, 0.25) is 5.02 Å². The summed E-state index contributed by atoms with van der Waals surface area (Å²) in [4.78, 5) is 33.1. The van der Waals surface area contributed by atoms with Gasteiger partial charge in [-0.1, -0.05) is 17.7 Å². The zero-order valence-corrected chi connectivity index (χ0v) is 11.6. The molecule has 0 bridgehead atoms. The number of carbonyl (C=O) groups is 3. The highest BCUT2D eigenvalue weighted by Gasteiger charge is 2.22. The molecule has 1 aromatic rings. The number of carbonyl (C=O) groups excluding carboxylic acids is 1. The van der Waals surface area contributed by atoms with Gasteiger partial charge in [-0.05, 0) is 18.6 Å². The van der Waals surface area contributed by atoms with E-state index in [0.29, 0.717) is 0 Å². The molecule has 0 spiro atoms. The van der Waals surface area contributed by atoms with Crippen molar-refractivity contribution >= 4 is 29.4 Å². The number of hydrogen-bond acceptors (Lipinski definition) is 3. The van der Waals surface area contributed by atoms with Gasteiger partial charge in [0.1, 0.15) is 11.9 Å². The van der Waals surface area contributed by atoms with Crippen LogP contribution in [-0.2, 0) is 20.8 Å². The van der Waals surface area contributed by atoms with E-state index < -0.39 is 42.5 Å². The molecule has 1 rings (SSSR count). The largest absolute Gasteiger partial charge is 0.481 e. The molecule has 21 heavy (non-hydrogen) atoms. The maximum Gasteiger partial charge on any atom is 0.326 e. The fraction of sp³-hybridized carbons (Fsp3) is 0.308. The van der Waals surface area contributed by atoms with Crippen molar-refractivity contribution in [3.05, 3.63) is 34.6 Å². The van der Waals surface area contributed by atoms with Crippen LogP contribution in [0.3, 0.4) is 0 Å². The molecule has 1 atom stereocenters. The number of amides is 1. The summed E-state index contributed by atoms with van der Waals surface area (Å²) >= 11 is 5.76. The third kappa shape index (κ3) is 5.39. The quantitative estimate of drug-likeness (QED) is 0.706. The minimum Gasteiger partial charge on any atom is -0.481 e. The molecular formula is C13H13ClFNO5. The summed E-state index contributed by atoms with van der Waals surface area (Å²) in [6, 6.07) is 2.57. The predicted octanol–water partition coefficient (Wildman–Crippen LogP) is 1.46. The third-order valence-corrected chi connectivity index (χ3v) is 3.03. The molecule has 0 aliphatic rings. The van der Waals surface area contributed by atoms with E-state index >= 15 is 0 Å². The first-order valence-electron chi connectivity index (χ1n) is 5.98. The number of benzene rings is 1. The minimum atomic E-state index is -1.36. The maximum absolute atomic E-state index is 13.5. The van der Waals surface area contributed by atoms with E-state index in [0.717, 1.165) is 6.07 Å². The van der Waals surface area contributed by atoms with Crippen molar-refractivity contribution in [2.45, 2.75) is 25.3 Å². The van der Waals surface area contributed by atoms with Crippen LogP contribution in [0.4, 0.5) is 4.39 Å². The third-order valence-electron chi connectivity index (χ3n) is 2.68. The Labute approximate surface area is 124 Å². The molecule has 1 unspecified atom stereocenters. The van der Waals surface area contributed by atoms with E-state index in [1.807, 2.05) is 0 Å². The van der Waals surface area contributed by atoms with Crippen LogP contribution in [0.25, 0.3) is 0 Å². The number of rotatable bonds is 7. The Morgan fingerprint density at radius 2 is 1.95 bits per heavy atom. The molecule has 3 N–H and O–H groups in total. The molecule has 0 saturated carbocycles.